The molecule has 0 aliphatic heterocycles. The summed E-state index contributed by atoms with van der Waals surface area (Å²) in [6.45, 7) is 4.47. The summed E-state index contributed by atoms with van der Waals surface area (Å²) in [6.07, 6.45) is 0.697. The van der Waals surface area contributed by atoms with Crippen LogP contribution in [0.5, 0.6) is 0 Å². The first-order chi connectivity index (χ1) is 52.0. The number of aromatic nitrogens is 6. The van der Waals surface area contributed by atoms with Crippen molar-refractivity contribution in [2.24, 2.45) is 0 Å². The second-order valence-corrected chi connectivity index (χ2v) is 28.5. The fourth-order valence-corrected chi connectivity index (χ4v) is 18.2. The molecule has 0 amide bonds. The lowest BCUT2D eigenvalue weighted by Gasteiger charge is -2.16. The summed E-state index contributed by atoms with van der Waals surface area (Å²) in [5, 5.41) is 14.9. The van der Waals surface area contributed by atoms with Crippen molar-refractivity contribution in [3.63, 3.8) is 0 Å². The summed E-state index contributed by atoms with van der Waals surface area (Å²) in [7, 11) is 0. The maximum absolute atomic E-state index is 2.58. The summed E-state index contributed by atoms with van der Waals surface area (Å²) in [4.78, 5) is 0. The van der Waals surface area contributed by atoms with Crippen molar-refractivity contribution in [3.8, 4) is 56.4 Å². The van der Waals surface area contributed by atoms with Gasteiger partial charge >= 0.3 is 0 Å². The largest absolute Gasteiger partial charge is 0.309 e. The van der Waals surface area contributed by atoms with Gasteiger partial charge in [0.05, 0.1) is 66.2 Å². The zero-order valence-corrected chi connectivity index (χ0v) is 57.9. The van der Waals surface area contributed by atoms with E-state index in [1.807, 2.05) is 0 Å². The van der Waals surface area contributed by atoms with Crippen molar-refractivity contribution < 1.29 is 0 Å². The van der Waals surface area contributed by atoms with E-state index in [4.69, 9.17) is 0 Å². The Balaban J connectivity index is 0.711. The molecule has 22 rings (SSSR count). The Kier molecular flexibility index (Phi) is 12.9. The third-order valence-electron chi connectivity index (χ3n) is 22.5. The van der Waals surface area contributed by atoms with Gasteiger partial charge < -0.3 is 27.4 Å². The van der Waals surface area contributed by atoms with E-state index in [0.717, 1.165) is 34.1 Å². The van der Waals surface area contributed by atoms with Gasteiger partial charge in [-0.25, -0.2) is 0 Å². The molecule has 105 heavy (non-hydrogen) atoms. The van der Waals surface area contributed by atoms with Gasteiger partial charge in [0.1, 0.15) is 0 Å². The number of hydrogen-bond acceptors (Lipinski definition) is 0. The number of rotatable bonds is 10. The number of nitrogens with zero attached hydrogens (tertiary/aromatic N) is 6. The summed E-state index contributed by atoms with van der Waals surface area (Å²) in [6, 6.07) is 131. The first-order valence-corrected chi connectivity index (χ1v) is 36.4. The third kappa shape index (κ3) is 8.78. The second kappa shape index (κ2) is 22.9. The summed E-state index contributed by atoms with van der Waals surface area (Å²) < 4.78 is 15.0. The van der Waals surface area contributed by atoms with Gasteiger partial charge in [0.15, 0.2) is 0 Å². The van der Waals surface area contributed by atoms with Crippen LogP contribution in [0.15, 0.2) is 352 Å². The molecule has 0 unspecified atom stereocenters. The van der Waals surface area contributed by atoms with Crippen molar-refractivity contribution in [2.75, 3.05) is 0 Å². The van der Waals surface area contributed by atoms with Gasteiger partial charge in [0.2, 0.25) is 0 Å². The maximum Gasteiger partial charge on any atom is 0.0644 e. The molecule has 0 fully saturated rings. The number of hydrogen-bond donors (Lipinski definition) is 0. The van der Waals surface area contributed by atoms with Crippen molar-refractivity contribution in [3.05, 3.63) is 374 Å². The Bertz CT molecular complexity index is 7390. The van der Waals surface area contributed by atoms with E-state index >= 15 is 0 Å². The lowest BCUT2D eigenvalue weighted by molar-refractivity contribution is 1.13. The molecule has 6 aromatic heterocycles. The van der Waals surface area contributed by atoms with Crippen LogP contribution < -0.4 is 0 Å². The van der Waals surface area contributed by atoms with Gasteiger partial charge in [0.25, 0.3) is 0 Å². The average Bonchev–Trinajstić information content (AvgIpc) is 1.54. The molecule has 0 saturated carbocycles. The van der Waals surface area contributed by atoms with Crippen molar-refractivity contribution >= 4 is 131 Å². The van der Waals surface area contributed by atoms with E-state index in [1.54, 1.807) is 0 Å². The number of para-hydroxylation sites is 7. The quantitative estimate of drug-likeness (QED) is 0.131. The molecule has 0 spiro atoms. The average molecular weight is 1340 g/mol. The first kappa shape index (κ1) is 59.0. The molecular weight excluding hydrogens is 1270 g/mol. The third-order valence-corrected chi connectivity index (χ3v) is 22.5. The zero-order chi connectivity index (χ0) is 69.1. The van der Waals surface area contributed by atoms with Crippen LogP contribution in [0, 0.1) is 13.8 Å². The molecule has 0 aliphatic rings. The van der Waals surface area contributed by atoms with E-state index in [1.165, 1.54) is 175 Å². The smallest absolute Gasteiger partial charge is 0.0644 e. The molecule has 0 aliphatic carbocycles. The SMILES string of the molecule is Cc1cccc(-n2c3ccccc3c3c2ccc2c4ccccc4n(-c4cccc(-c5ccc(-n6c7ccccc7c7c(Cc8cccc(-n9c%10ccccc%10c%10c%11c%12ccccc%12n(-c%12cccc(-c%13ccccc%13)c%12)c%11ccc%109)c8)cc8c(c9ccccc9n8-c8ccccc8)c76)cc5C)c4)c23)c1. The number of aryl methyl sites for hydroxylation is 2. The summed E-state index contributed by atoms with van der Waals surface area (Å²) in [5.74, 6) is 0. The van der Waals surface area contributed by atoms with Gasteiger partial charge in [0, 0.05) is 98.8 Å². The fourth-order valence-electron chi connectivity index (χ4n) is 18.2. The van der Waals surface area contributed by atoms with Crippen molar-refractivity contribution in [1.29, 1.82) is 0 Å². The molecule has 16 aromatic carbocycles. The minimum atomic E-state index is 0.697. The van der Waals surface area contributed by atoms with Crippen LogP contribution in [0.4, 0.5) is 0 Å². The van der Waals surface area contributed by atoms with E-state index in [9.17, 15) is 0 Å². The fraction of sp³-hybridized carbons (Fsp3) is 0.0303. The summed E-state index contributed by atoms with van der Waals surface area (Å²) >= 11 is 0. The predicted octanol–water partition coefficient (Wildman–Crippen LogP) is 25.8. The molecule has 6 heterocycles. The van der Waals surface area contributed by atoms with Crippen LogP contribution in [0.3, 0.4) is 0 Å². The first-order valence-electron chi connectivity index (χ1n) is 36.4. The Labute approximate surface area is 605 Å². The topological polar surface area (TPSA) is 29.6 Å². The summed E-state index contributed by atoms with van der Waals surface area (Å²) in [5.41, 5.74) is 30.7. The minimum absolute atomic E-state index is 0.697. The van der Waals surface area contributed by atoms with E-state index in [2.05, 4.69) is 393 Å². The van der Waals surface area contributed by atoms with E-state index < -0.39 is 0 Å². The van der Waals surface area contributed by atoms with E-state index in [-0.39, 0.29) is 0 Å². The van der Waals surface area contributed by atoms with Gasteiger partial charge in [-0.15, -0.1) is 0 Å². The van der Waals surface area contributed by atoms with Crippen LogP contribution in [-0.4, -0.2) is 27.4 Å². The van der Waals surface area contributed by atoms with Gasteiger partial charge in [-0.3, -0.25) is 0 Å². The van der Waals surface area contributed by atoms with Gasteiger partial charge in [-0.05, 0) is 198 Å². The Morgan fingerprint density at radius 1 is 0.210 bits per heavy atom. The van der Waals surface area contributed by atoms with Gasteiger partial charge in [-0.1, -0.05) is 218 Å². The standard InChI is InChI=1S/C99H66N6/c1-62-25-21-33-70(55-62)101-87-47-19-13-41-81(87)96-91(101)52-51-77-76-37-9-15-43-83(76)104(98(77)96)73-36-24-30-67(60-73)75-50-49-74(56-63(75)2)105-88-48-20-10-38-78(88)93-68(61-92-97(99(93)105)82-42-14-18-46-86(82)100(92)69-31-7-4-8-32-69)57-64-26-22-34-71(58-64)102-84-44-16-11-39-79(84)94-89(102)53-54-90-95(94)80-40-12-17-45-85(80)103(90)72-35-23-29-66(59-72)65-27-5-3-6-28-65/h3-56,58-61H,57H2,1-2H3. The normalized spacial score (nSPS) is 12.1. The molecule has 0 saturated heterocycles. The molecule has 0 N–H and O–H groups in total. The lowest BCUT2D eigenvalue weighted by Crippen LogP contribution is -1.99. The van der Waals surface area contributed by atoms with Gasteiger partial charge in [-0.2, -0.15) is 0 Å². The van der Waals surface area contributed by atoms with Crippen molar-refractivity contribution in [1.82, 2.24) is 27.4 Å². The molecule has 0 atom stereocenters. The molecule has 22 aromatic rings. The second-order valence-electron chi connectivity index (χ2n) is 28.5. The predicted molar refractivity (Wildman–Crippen MR) is 442 cm³/mol. The highest BCUT2D eigenvalue weighted by Gasteiger charge is 2.27. The molecule has 0 radical (unpaired) electrons. The molecule has 6 heteroatoms. The lowest BCUT2D eigenvalue weighted by atomic mass is 9.96. The highest BCUT2D eigenvalue weighted by atomic mass is 15.0. The molecule has 6 nitrogen and oxygen atoms in total. The van der Waals surface area contributed by atoms with E-state index in [0.29, 0.717) is 6.42 Å². The highest BCUT2D eigenvalue weighted by Crippen LogP contribution is 2.48. The van der Waals surface area contributed by atoms with Crippen molar-refractivity contribution in [2.45, 2.75) is 20.3 Å². The number of fused-ring (bicyclic) bond motifs is 21. The minimum Gasteiger partial charge on any atom is -0.309 e. The van der Waals surface area contributed by atoms with Crippen LogP contribution in [0.25, 0.3) is 187 Å². The molecule has 0 bridgehead atoms. The van der Waals surface area contributed by atoms with Crippen LogP contribution in [-0.2, 0) is 6.42 Å². The number of benzene rings is 16. The van der Waals surface area contributed by atoms with Crippen LogP contribution >= 0.6 is 0 Å². The van der Waals surface area contributed by atoms with Crippen LogP contribution in [0.2, 0.25) is 0 Å². The Morgan fingerprint density at radius 2 is 0.610 bits per heavy atom. The maximum atomic E-state index is 2.58. The molecular formula is C99H66N6. The Morgan fingerprint density at radius 3 is 1.21 bits per heavy atom. The monoisotopic (exact) mass is 1340 g/mol. The molecule has 492 valence electrons. The Hall–Kier alpha value is -13.7. The van der Waals surface area contributed by atoms with Crippen LogP contribution in [0.1, 0.15) is 22.3 Å². The zero-order valence-electron chi connectivity index (χ0n) is 57.9. The highest BCUT2D eigenvalue weighted by molar-refractivity contribution is 6.31.